The molecule has 0 fully saturated rings. The highest BCUT2D eigenvalue weighted by Gasteiger charge is 2.15. The second-order valence-electron chi connectivity index (χ2n) is 6.13. The Morgan fingerprint density at radius 3 is 2.41 bits per heavy atom. The molecule has 0 heterocycles. The first-order valence-corrected chi connectivity index (χ1v) is 7.95. The Hall–Kier alpha value is -2.54. The summed E-state index contributed by atoms with van der Waals surface area (Å²) in [5.41, 5.74) is 2.70. The molecule has 5 rings (SSSR count). The summed E-state index contributed by atoms with van der Waals surface area (Å²) in [5, 5.41) is 13.1. The van der Waals surface area contributed by atoms with E-state index >= 15 is 0 Å². The fourth-order valence-corrected chi connectivity index (χ4v) is 4.14. The van der Waals surface area contributed by atoms with Gasteiger partial charge in [0.25, 0.3) is 0 Å². The Morgan fingerprint density at radius 2 is 1.55 bits per heavy atom. The summed E-state index contributed by atoms with van der Waals surface area (Å²) in [6.07, 6.45) is 4.73. The van der Waals surface area contributed by atoms with Crippen LogP contribution in [0.4, 0.5) is 5.69 Å². The lowest BCUT2D eigenvalue weighted by molar-refractivity contribution is 1.04. The fraction of sp³-hybridized carbons (Fsp3) is 0.143. The van der Waals surface area contributed by atoms with Crippen molar-refractivity contribution in [1.29, 1.82) is 0 Å². The van der Waals surface area contributed by atoms with E-state index in [1.54, 1.807) is 0 Å². The molecule has 0 saturated carbocycles. The van der Waals surface area contributed by atoms with Crippen molar-refractivity contribution in [2.45, 2.75) is 12.8 Å². The maximum atomic E-state index is 3.34. The van der Waals surface area contributed by atoms with Crippen LogP contribution in [-0.4, -0.2) is 7.05 Å². The molecule has 4 aromatic rings. The van der Waals surface area contributed by atoms with Gasteiger partial charge in [0, 0.05) is 18.1 Å². The molecule has 1 N–H and O–H groups in total. The van der Waals surface area contributed by atoms with Gasteiger partial charge in [0.2, 0.25) is 0 Å². The normalized spacial score (nSPS) is 13.7. The Morgan fingerprint density at radius 1 is 0.773 bits per heavy atom. The standard InChI is InChI=1S/C21H17N/c1-22-19-12-11-17-15-8-3-6-13-5-2-7-14(20(13)15)16-9-4-10-18(19)21(16)17/h2,4-5,7-12,22H,3,6H2,1H3. The van der Waals surface area contributed by atoms with Crippen LogP contribution in [0.3, 0.4) is 0 Å². The number of nitrogens with one attached hydrogen (secondary N) is 1. The number of fused-ring (bicyclic) bond motifs is 2. The predicted molar refractivity (Wildman–Crippen MR) is 96.5 cm³/mol. The molecule has 0 saturated heterocycles. The minimum absolute atomic E-state index is 1.14. The van der Waals surface area contributed by atoms with Crippen LogP contribution < -0.4 is 10.5 Å². The SMILES string of the molecule is CNc1ccc2c3c4c(cccc4c4cccc1c24)CCC=3. The predicted octanol–water partition coefficient (Wildman–Crippen LogP) is 4.63. The van der Waals surface area contributed by atoms with E-state index in [0.29, 0.717) is 0 Å². The van der Waals surface area contributed by atoms with Crippen LogP contribution in [-0.2, 0) is 6.42 Å². The third kappa shape index (κ3) is 1.38. The summed E-state index contributed by atoms with van der Waals surface area (Å²) in [4.78, 5) is 0. The van der Waals surface area contributed by atoms with Crippen LogP contribution in [0.15, 0.2) is 48.5 Å². The van der Waals surface area contributed by atoms with Gasteiger partial charge < -0.3 is 5.32 Å². The Kier molecular flexibility index (Phi) is 2.32. The molecule has 1 aliphatic carbocycles. The lowest BCUT2D eigenvalue weighted by Crippen LogP contribution is -2.12. The van der Waals surface area contributed by atoms with Crippen molar-refractivity contribution in [1.82, 2.24) is 0 Å². The van der Waals surface area contributed by atoms with Crippen molar-refractivity contribution < 1.29 is 0 Å². The third-order valence-corrected chi connectivity index (χ3v) is 5.07. The molecule has 0 aliphatic heterocycles. The first-order chi connectivity index (χ1) is 10.9. The maximum Gasteiger partial charge on any atom is 0.0417 e. The number of hydrogen-bond acceptors (Lipinski definition) is 1. The van der Waals surface area contributed by atoms with Crippen molar-refractivity contribution in [3.63, 3.8) is 0 Å². The molecule has 106 valence electrons. The highest BCUT2D eigenvalue weighted by molar-refractivity contribution is 6.24. The van der Waals surface area contributed by atoms with Crippen molar-refractivity contribution in [2.75, 3.05) is 12.4 Å². The van der Waals surface area contributed by atoms with Gasteiger partial charge in [-0.05, 0) is 56.6 Å². The quantitative estimate of drug-likeness (QED) is 0.396. The Bertz CT molecular complexity index is 1110. The van der Waals surface area contributed by atoms with E-state index in [0.717, 1.165) is 12.8 Å². The fourth-order valence-electron chi connectivity index (χ4n) is 4.14. The Balaban J connectivity index is 2.20. The van der Waals surface area contributed by atoms with E-state index in [2.05, 4.69) is 59.9 Å². The summed E-state index contributed by atoms with van der Waals surface area (Å²) in [7, 11) is 2.00. The van der Waals surface area contributed by atoms with E-state index in [-0.39, 0.29) is 0 Å². The van der Waals surface area contributed by atoms with Gasteiger partial charge in [-0.2, -0.15) is 0 Å². The zero-order chi connectivity index (χ0) is 14.7. The molecular formula is C21H17N. The number of benzene rings is 4. The average Bonchev–Trinajstić information content (AvgIpc) is 2.59. The van der Waals surface area contributed by atoms with Gasteiger partial charge >= 0.3 is 0 Å². The van der Waals surface area contributed by atoms with E-state index < -0.39 is 0 Å². The second kappa shape index (κ2) is 4.23. The van der Waals surface area contributed by atoms with Gasteiger partial charge in [-0.3, -0.25) is 0 Å². The number of rotatable bonds is 1. The molecule has 0 aromatic heterocycles. The number of aryl methyl sites for hydroxylation is 1. The molecule has 0 unspecified atom stereocenters. The molecule has 0 spiro atoms. The van der Waals surface area contributed by atoms with Gasteiger partial charge in [-0.25, -0.2) is 0 Å². The largest absolute Gasteiger partial charge is 0.388 e. The van der Waals surface area contributed by atoms with Crippen LogP contribution >= 0.6 is 0 Å². The number of hydrogen-bond donors (Lipinski definition) is 1. The van der Waals surface area contributed by atoms with Crippen molar-refractivity contribution >= 4 is 44.1 Å². The summed E-state index contributed by atoms with van der Waals surface area (Å²) >= 11 is 0. The maximum absolute atomic E-state index is 3.34. The van der Waals surface area contributed by atoms with E-state index in [1.165, 1.54) is 48.8 Å². The highest BCUT2D eigenvalue weighted by Crippen LogP contribution is 2.36. The van der Waals surface area contributed by atoms with Crippen LogP contribution in [0.1, 0.15) is 12.0 Å². The van der Waals surface area contributed by atoms with Gasteiger partial charge in [0.1, 0.15) is 0 Å². The lowest BCUT2D eigenvalue weighted by atomic mass is 9.87. The zero-order valence-electron chi connectivity index (χ0n) is 12.6. The lowest BCUT2D eigenvalue weighted by Gasteiger charge is -2.18. The van der Waals surface area contributed by atoms with Crippen LogP contribution in [0, 0.1) is 0 Å². The molecule has 1 aliphatic rings. The molecule has 1 heteroatoms. The van der Waals surface area contributed by atoms with Crippen molar-refractivity contribution in [3.8, 4) is 0 Å². The van der Waals surface area contributed by atoms with Crippen LogP contribution in [0.5, 0.6) is 0 Å². The Labute approximate surface area is 129 Å². The van der Waals surface area contributed by atoms with Crippen molar-refractivity contribution in [3.05, 3.63) is 59.3 Å². The minimum Gasteiger partial charge on any atom is -0.388 e. The smallest absolute Gasteiger partial charge is 0.0417 e. The van der Waals surface area contributed by atoms with E-state index in [9.17, 15) is 0 Å². The van der Waals surface area contributed by atoms with Gasteiger partial charge in [0.15, 0.2) is 0 Å². The summed E-state index contributed by atoms with van der Waals surface area (Å²) in [5.74, 6) is 0. The summed E-state index contributed by atoms with van der Waals surface area (Å²) in [6.45, 7) is 0. The molecule has 0 radical (unpaired) electrons. The van der Waals surface area contributed by atoms with E-state index in [4.69, 9.17) is 0 Å². The highest BCUT2D eigenvalue weighted by atomic mass is 14.8. The zero-order valence-corrected chi connectivity index (χ0v) is 12.6. The van der Waals surface area contributed by atoms with E-state index in [1.807, 2.05) is 7.05 Å². The van der Waals surface area contributed by atoms with Gasteiger partial charge in [-0.1, -0.05) is 48.5 Å². The van der Waals surface area contributed by atoms with Crippen LogP contribution in [0.25, 0.3) is 38.4 Å². The average molecular weight is 283 g/mol. The van der Waals surface area contributed by atoms with Gasteiger partial charge in [0.05, 0.1) is 0 Å². The molecule has 0 amide bonds. The minimum atomic E-state index is 1.14. The first-order valence-electron chi connectivity index (χ1n) is 7.95. The molecule has 0 bridgehead atoms. The summed E-state index contributed by atoms with van der Waals surface area (Å²) in [6, 6.07) is 18.0. The topological polar surface area (TPSA) is 12.0 Å². The monoisotopic (exact) mass is 283 g/mol. The van der Waals surface area contributed by atoms with Gasteiger partial charge in [-0.15, -0.1) is 0 Å². The molecule has 1 nitrogen and oxygen atoms in total. The first kappa shape index (κ1) is 12.0. The summed E-state index contributed by atoms with van der Waals surface area (Å²) < 4.78 is 0. The second-order valence-corrected chi connectivity index (χ2v) is 6.13. The van der Waals surface area contributed by atoms with Crippen molar-refractivity contribution in [2.24, 2.45) is 0 Å². The number of anilines is 1. The molecule has 0 atom stereocenters. The molecular weight excluding hydrogens is 266 g/mol. The molecule has 4 aromatic carbocycles. The third-order valence-electron chi connectivity index (χ3n) is 5.07. The van der Waals surface area contributed by atoms with Crippen LogP contribution in [0.2, 0.25) is 0 Å². The molecule has 22 heavy (non-hydrogen) atoms.